The highest BCUT2D eigenvalue weighted by Gasteiger charge is 2.32. The number of rotatable bonds is 4. The Hall–Kier alpha value is -1.86. The zero-order chi connectivity index (χ0) is 19.1. The molecule has 7 heteroatoms. The van der Waals surface area contributed by atoms with E-state index in [0.29, 0.717) is 22.3 Å². The van der Waals surface area contributed by atoms with E-state index >= 15 is 0 Å². The molecule has 0 fully saturated rings. The number of halogens is 1. The maximum Gasteiger partial charge on any atom is 0.263 e. The molecule has 0 aromatic heterocycles. The van der Waals surface area contributed by atoms with Crippen LogP contribution in [0.5, 0.6) is 0 Å². The van der Waals surface area contributed by atoms with Gasteiger partial charge in [0, 0.05) is 28.8 Å². The third kappa shape index (κ3) is 3.50. The average molecular weight is 437 g/mol. The lowest BCUT2D eigenvalue weighted by molar-refractivity contribution is -0.116. The van der Waals surface area contributed by atoms with E-state index in [-0.39, 0.29) is 16.8 Å². The van der Waals surface area contributed by atoms with E-state index in [1.165, 1.54) is 6.92 Å². The molecular formula is C19H21BrN2O3S. The fraction of sp³-hybridized carbons (Fsp3) is 0.316. The summed E-state index contributed by atoms with van der Waals surface area (Å²) in [6, 6.07) is 10.7. The zero-order valence-corrected chi connectivity index (χ0v) is 17.3. The highest BCUT2D eigenvalue weighted by molar-refractivity contribution is 9.10. The summed E-state index contributed by atoms with van der Waals surface area (Å²) in [6.07, 6.45) is 1.53. The van der Waals surface area contributed by atoms with Gasteiger partial charge in [0.1, 0.15) is 4.90 Å². The fourth-order valence-electron chi connectivity index (χ4n) is 3.37. The lowest BCUT2D eigenvalue weighted by Gasteiger charge is -2.21. The van der Waals surface area contributed by atoms with E-state index in [2.05, 4.69) is 20.7 Å². The number of amides is 1. The van der Waals surface area contributed by atoms with Crippen LogP contribution in [0.3, 0.4) is 0 Å². The summed E-state index contributed by atoms with van der Waals surface area (Å²) < 4.78 is 29.0. The van der Waals surface area contributed by atoms with Crippen LogP contribution in [0.25, 0.3) is 0 Å². The second kappa shape index (κ2) is 7.04. The number of anilines is 2. The van der Waals surface area contributed by atoms with E-state index in [1.807, 2.05) is 32.0 Å². The van der Waals surface area contributed by atoms with Crippen molar-refractivity contribution >= 4 is 43.2 Å². The number of fused-ring (bicyclic) bond motifs is 1. The van der Waals surface area contributed by atoms with Crippen LogP contribution in [0.2, 0.25) is 0 Å². The summed E-state index contributed by atoms with van der Waals surface area (Å²) in [5, 5.41) is 0. The number of hydrogen-bond acceptors (Lipinski definition) is 3. The molecule has 1 aliphatic heterocycles. The van der Waals surface area contributed by atoms with E-state index in [4.69, 9.17) is 0 Å². The average Bonchev–Trinajstić information content (AvgIpc) is 2.88. The molecule has 1 heterocycles. The first-order valence-corrected chi connectivity index (χ1v) is 10.7. The molecule has 2 aromatic rings. The Morgan fingerprint density at radius 2 is 2.04 bits per heavy atom. The lowest BCUT2D eigenvalue weighted by Crippen LogP contribution is -2.33. The Morgan fingerprint density at radius 1 is 1.31 bits per heavy atom. The van der Waals surface area contributed by atoms with Crippen molar-refractivity contribution in [3.05, 3.63) is 52.0 Å². The second-order valence-electron chi connectivity index (χ2n) is 6.51. The van der Waals surface area contributed by atoms with Gasteiger partial charge in [0.05, 0.1) is 0 Å². The maximum absolute atomic E-state index is 12.9. The van der Waals surface area contributed by atoms with Gasteiger partial charge in [0.25, 0.3) is 10.0 Å². The lowest BCUT2D eigenvalue weighted by atomic mass is 10.1. The van der Waals surface area contributed by atoms with E-state index < -0.39 is 10.0 Å². The van der Waals surface area contributed by atoms with Crippen molar-refractivity contribution in [2.24, 2.45) is 0 Å². The molecule has 0 spiro atoms. The van der Waals surface area contributed by atoms with Crippen LogP contribution in [0.4, 0.5) is 11.4 Å². The Kier molecular flexibility index (Phi) is 5.12. The number of hydrogen-bond donors (Lipinski definition) is 1. The van der Waals surface area contributed by atoms with Crippen molar-refractivity contribution in [2.45, 2.75) is 44.6 Å². The number of sulfonamides is 1. The maximum atomic E-state index is 12.9. The minimum absolute atomic E-state index is 0.0153. The van der Waals surface area contributed by atoms with Crippen LogP contribution in [-0.2, 0) is 27.7 Å². The van der Waals surface area contributed by atoms with E-state index in [1.54, 1.807) is 23.1 Å². The molecule has 1 aliphatic rings. The predicted molar refractivity (Wildman–Crippen MR) is 107 cm³/mol. The highest BCUT2D eigenvalue weighted by atomic mass is 79.9. The molecular weight excluding hydrogens is 416 g/mol. The molecule has 0 saturated carbocycles. The van der Waals surface area contributed by atoms with Crippen LogP contribution in [-0.4, -0.2) is 20.4 Å². The Bertz CT molecular complexity index is 973. The monoisotopic (exact) mass is 436 g/mol. The van der Waals surface area contributed by atoms with Gasteiger partial charge in [-0.05, 0) is 71.1 Å². The van der Waals surface area contributed by atoms with Gasteiger partial charge in [-0.25, -0.2) is 8.42 Å². The highest BCUT2D eigenvalue weighted by Crippen LogP contribution is 2.38. The van der Waals surface area contributed by atoms with Gasteiger partial charge in [-0.3, -0.25) is 9.52 Å². The summed E-state index contributed by atoms with van der Waals surface area (Å²) in [5.41, 5.74) is 3.20. The molecule has 138 valence electrons. The Morgan fingerprint density at radius 3 is 2.69 bits per heavy atom. The molecule has 0 unspecified atom stereocenters. The molecule has 0 bridgehead atoms. The van der Waals surface area contributed by atoms with Crippen LogP contribution < -0.4 is 9.62 Å². The van der Waals surface area contributed by atoms with Gasteiger partial charge in [0.2, 0.25) is 5.91 Å². The van der Waals surface area contributed by atoms with Gasteiger partial charge >= 0.3 is 0 Å². The third-order valence-corrected chi connectivity index (χ3v) is 6.90. The molecule has 1 atom stereocenters. The second-order valence-corrected chi connectivity index (χ2v) is 9.02. The first kappa shape index (κ1) is 18.9. The van der Waals surface area contributed by atoms with Crippen molar-refractivity contribution in [3.8, 4) is 0 Å². The third-order valence-electron chi connectivity index (χ3n) is 4.57. The number of nitrogens with zero attached hydrogens (tertiary/aromatic N) is 1. The minimum Gasteiger partial charge on any atom is -0.309 e. The van der Waals surface area contributed by atoms with E-state index in [9.17, 15) is 13.2 Å². The smallest absolute Gasteiger partial charge is 0.263 e. The molecule has 1 N–H and O–H groups in total. The largest absolute Gasteiger partial charge is 0.309 e. The summed E-state index contributed by atoms with van der Waals surface area (Å²) in [5.74, 6) is -0.0921. The van der Waals surface area contributed by atoms with Gasteiger partial charge in [-0.15, -0.1) is 0 Å². The number of benzene rings is 2. The van der Waals surface area contributed by atoms with Crippen LogP contribution >= 0.6 is 15.9 Å². The first-order valence-electron chi connectivity index (χ1n) is 8.47. The standard InChI is InChI=1S/C19H21BrN2O3S/c1-4-14-6-5-7-16(9-14)21-26(24,25)19-11-18-15(10-17(19)20)8-12(2)22(18)13(3)23/h5-7,9-12,21H,4,8H2,1-3H3/t12-/m1/s1. The molecule has 26 heavy (non-hydrogen) atoms. The Labute approximate surface area is 162 Å². The SMILES string of the molecule is CCc1cccc(NS(=O)(=O)c2cc3c(cc2Br)C[C@@H](C)N3C(C)=O)c1. The van der Waals surface area contributed by atoms with Crippen LogP contribution in [0, 0.1) is 0 Å². The molecule has 0 saturated heterocycles. The van der Waals surface area contributed by atoms with Crippen molar-refractivity contribution in [1.82, 2.24) is 0 Å². The summed E-state index contributed by atoms with van der Waals surface area (Å²) in [4.78, 5) is 13.8. The summed E-state index contributed by atoms with van der Waals surface area (Å²) >= 11 is 3.38. The number of aryl methyl sites for hydroxylation is 1. The normalized spacial score (nSPS) is 16.5. The predicted octanol–water partition coefficient (Wildman–Crippen LogP) is 4.11. The van der Waals surface area contributed by atoms with Gasteiger partial charge in [0.15, 0.2) is 0 Å². The molecule has 5 nitrogen and oxygen atoms in total. The van der Waals surface area contributed by atoms with Crippen LogP contribution in [0.1, 0.15) is 31.9 Å². The molecule has 1 amide bonds. The zero-order valence-electron chi connectivity index (χ0n) is 14.9. The quantitative estimate of drug-likeness (QED) is 0.783. The van der Waals surface area contributed by atoms with Crippen molar-refractivity contribution < 1.29 is 13.2 Å². The topological polar surface area (TPSA) is 66.5 Å². The van der Waals surface area contributed by atoms with Gasteiger partial charge in [-0.1, -0.05) is 19.1 Å². The van der Waals surface area contributed by atoms with Gasteiger partial charge < -0.3 is 4.90 Å². The van der Waals surface area contributed by atoms with Crippen LogP contribution in [0.15, 0.2) is 45.8 Å². The van der Waals surface area contributed by atoms with Crippen molar-refractivity contribution in [2.75, 3.05) is 9.62 Å². The van der Waals surface area contributed by atoms with E-state index in [0.717, 1.165) is 17.5 Å². The van der Waals surface area contributed by atoms with Crippen molar-refractivity contribution in [1.29, 1.82) is 0 Å². The number of nitrogens with one attached hydrogen (secondary N) is 1. The molecule has 0 aliphatic carbocycles. The molecule has 2 aromatic carbocycles. The Balaban J connectivity index is 2.02. The molecule has 0 radical (unpaired) electrons. The summed E-state index contributed by atoms with van der Waals surface area (Å²) in [6.45, 7) is 5.47. The van der Waals surface area contributed by atoms with Crippen molar-refractivity contribution in [3.63, 3.8) is 0 Å². The minimum atomic E-state index is -3.79. The number of carbonyl (C=O) groups is 1. The fourth-order valence-corrected chi connectivity index (χ4v) is 5.53. The summed E-state index contributed by atoms with van der Waals surface area (Å²) in [7, 11) is -3.79. The first-order chi connectivity index (χ1) is 12.2. The molecule has 3 rings (SSSR count). The van der Waals surface area contributed by atoms with Gasteiger partial charge in [-0.2, -0.15) is 0 Å². The number of carbonyl (C=O) groups excluding carboxylic acids is 1.